The first-order chi connectivity index (χ1) is 13.4. The van der Waals surface area contributed by atoms with Crippen molar-refractivity contribution in [3.63, 3.8) is 0 Å². The average Bonchev–Trinajstić information content (AvgIpc) is 2.72. The van der Waals surface area contributed by atoms with Gasteiger partial charge in [-0.15, -0.1) is 0 Å². The van der Waals surface area contributed by atoms with Crippen molar-refractivity contribution in [2.45, 2.75) is 45.6 Å². The van der Waals surface area contributed by atoms with Crippen LogP contribution in [0, 0.1) is 0 Å². The minimum atomic E-state index is -1.23. The molecular formula is C22H27NO5. The van der Waals surface area contributed by atoms with Crippen molar-refractivity contribution >= 4 is 11.8 Å². The van der Waals surface area contributed by atoms with E-state index in [9.17, 15) is 14.7 Å². The second-order valence-corrected chi connectivity index (χ2v) is 6.52. The molecule has 0 spiro atoms. The highest BCUT2D eigenvalue weighted by Crippen LogP contribution is 2.24. The first-order valence-corrected chi connectivity index (χ1v) is 9.51. The van der Waals surface area contributed by atoms with E-state index < -0.39 is 11.6 Å². The number of aryl methyl sites for hydroxylation is 1. The molecule has 0 fully saturated rings. The first kappa shape index (κ1) is 21.6. The van der Waals surface area contributed by atoms with E-state index >= 15 is 0 Å². The van der Waals surface area contributed by atoms with Crippen LogP contribution in [-0.2, 0) is 22.4 Å². The summed E-state index contributed by atoms with van der Waals surface area (Å²) in [6, 6.07) is 10.6. The molecule has 0 aliphatic rings. The van der Waals surface area contributed by atoms with Crippen LogP contribution in [0.2, 0.25) is 0 Å². The highest BCUT2D eigenvalue weighted by atomic mass is 16.5. The fraction of sp³-hybridized carbons (Fsp3) is 0.409. The molecule has 1 atom stereocenters. The molecule has 0 unspecified atom stereocenters. The van der Waals surface area contributed by atoms with Gasteiger partial charge in [0.05, 0.1) is 0 Å². The summed E-state index contributed by atoms with van der Waals surface area (Å²) >= 11 is 0. The molecule has 2 rings (SSSR count). The van der Waals surface area contributed by atoms with Gasteiger partial charge in [0.1, 0.15) is 11.4 Å². The zero-order valence-corrected chi connectivity index (χ0v) is 16.6. The van der Waals surface area contributed by atoms with E-state index in [0.29, 0.717) is 24.5 Å². The molecule has 1 heterocycles. The van der Waals surface area contributed by atoms with Crippen LogP contribution in [0.25, 0.3) is 0 Å². The molecule has 6 heteroatoms. The largest absolute Gasteiger partial charge is 0.485 e. The Hall–Kier alpha value is -2.73. The van der Waals surface area contributed by atoms with Crippen LogP contribution < -0.4 is 4.74 Å². The summed E-state index contributed by atoms with van der Waals surface area (Å²) in [5.41, 5.74) is 1.04. The topological polar surface area (TPSA) is 85.7 Å². The molecule has 0 saturated heterocycles. The Morgan fingerprint density at radius 1 is 1.04 bits per heavy atom. The lowest BCUT2D eigenvalue weighted by atomic mass is 9.91. The Balaban J connectivity index is 1.98. The second-order valence-electron chi connectivity index (χ2n) is 6.52. The minimum absolute atomic E-state index is 0.106. The van der Waals surface area contributed by atoms with Crippen molar-refractivity contribution in [3.8, 4) is 5.75 Å². The number of ketones is 1. The highest BCUT2D eigenvalue weighted by molar-refractivity contribution is 5.95. The molecule has 150 valence electrons. The number of aromatic nitrogens is 1. The van der Waals surface area contributed by atoms with Crippen molar-refractivity contribution in [2.75, 3.05) is 13.2 Å². The molecule has 0 bridgehead atoms. The monoisotopic (exact) mass is 385 g/mol. The molecule has 0 saturated carbocycles. The lowest BCUT2D eigenvalue weighted by molar-refractivity contribution is -0.166. The van der Waals surface area contributed by atoms with Gasteiger partial charge in [0.2, 0.25) is 5.78 Å². The molecule has 2 aromatic rings. The summed E-state index contributed by atoms with van der Waals surface area (Å²) in [7, 11) is 0. The number of hydrogen-bond donors (Lipinski definition) is 1. The molecule has 0 radical (unpaired) electrons. The van der Waals surface area contributed by atoms with Crippen LogP contribution in [0.3, 0.4) is 0 Å². The molecule has 0 aliphatic heterocycles. The smallest absolute Gasteiger partial charge is 0.336 e. The molecule has 1 aromatic heterocycles. The van der Waals surface area contributed by atoms with Crippen LogP contribution in [0.15, 0.2) is 42.6 Å². The molecular weight excluding hydrogens is 358 g/mol. The predicted molar refractivity (Wildman–Crippen MR) is 106 cm³/mol. The number of ether oxygens (including phenoxy) is 2. The predicted octanol–water partition coefficient (Wildman–Crippen LogP) is 3.72. The van der Waals surface area contributed by atoms with Gasteiger partial charge in [0, 0.05) is 19.2 Å². The third kappa shape index (κ3) is 5.39. The Bertz CT molecular complexity index is 786. The molecule has 28 heavy (non-hydrogen) atoms. The summed E-state index contributed by atoms with van der Waals surface area (Å²) in [6.45, 7) is 5.84. The quantitative estimate of drug-likeness (QED) is 0.594. The van der Waals surface area contributed by atoms with Gasteiger partial charge in [-0.25, -0.2) is 4.79 Å². The summed E-state index contributed by atoms with van der Waals surface area (Å²) in [4.78, 5) is 28.0. The third-order valence-corrected chi connectivity index (χ3v) is 4.68. The van der Waals surface area contributed by atoms with Gasteiger partial charge < -0.3 is 14.6 Å². The molecule has 0 aliphatic carbocycles. The van der Waals surface area contributed by atoms with Crippen molar-refractivity contribution in [1.82, 2.24) is 4.98 Å². The lowest BCUT2D eigenvalue weighted by Gasteiger charge is -2.28. The Morgan fingerprint density at radius 2 is 1.71 bits per heavy atom. The number of aliphatic carboxylic acids is 1. The maximum Gasteiger partial charge on any atom is 0.336 e. The number of pyridine rings is 1. The van der Waals surface area contributed by atoms with Crippen molar-refractivity contribution in [2.24, 2.45) is 0 Å². The summed E-state index contributed by atoms with van der Waals surface area (Å²) < 4.78 is 11.1. The number of nitrogens with zero attached hydrogens (tertiary/aromatic N) is 1. The van der Waals surface area contributed by atoms with E-state index in [1.54, 1.807) is 50.4 Å². The summed E-state index contributed by atoms with van der Waals surface area (Å²) in [6.07, 6.45) is 3.20. The van der Waals surface area contributed by atoms with Gasteiger partial charge >= 0.3 is 5.97 Å². The van der Waals surface area contributed by atoms with Crippen LogP contribution in [0.4, 0.5) is 0 Å². The number of hydrogen-bond acceptors (Lipinski definition) is 5. The number of Topliss-reactive ketones (excluding diaryl/α,β-unsaturated/α-hetero) is 1. The Labute approximate surface area is 165 Å². The standard InChI is InChI=1S/C22H27NO5/c1-4-16-9-12-19(23-14-16)20(24)15-27-18-10-7-17(8-11-18)13-22(5-2,21(25)26)28-6-3/h7-12,14H,4-6,13,15H2,1-3H3,(H,25,26)/t22-/m0/s1. The molecule has 6 nitrogen and oxygen atoms in total. The van der Waals surface area contributed by atoms with Gasteiger partial charge in [0.25, 0.3) is 0 Å². The number of rotatable bonds is 11. The fourth-order valence-corrected chi connectivity index (χ4v) is 2.90. The number of carbonyl (C=O) groups excluding carboxylic acids is 1. The van der Waals surface area contributed by atoms with Gasteiger partial charge in [-0.3, -0.25) is 9.78 Å². The molecule has 1 N–H and O–H groups in total. The minimum Gasteiger partial charge on any atom is -0.485 e. The maximum absolute atomic E-state index is 12.2. The number of carboxylic acids is 1. The zero-order valence-electron chi connectivity index (χ0n) is 16.6. The molecule has 1 aromatic carbocycles. The van der Waals surface area contributed by atoms with Gasteiger partial charge in [-0.05, 0) is 49.1 Å². The van der Waals surface area contributed by atoms with Crippen molar-refractivity contribution in [3.05, 3.63) is 59.4 Å². The van der Waals surface area contributed by atoms with E-state index in [0.717, 1.165) is 17.5 Å². The van der Waals surface area contributed by atoms with Gasteiger partial charge in [-0.1, -0.05) is 32.0 Å². The zero-order chi connectivity index (χ0) is 20.6. The van der Waals surface area contributed by atoms with E-state index in [1.165, 1.54) is 0 Å². The normalized spacial score (nSPS) is 13.0. The first-order valence-electron chi connectivity index (χ1n) is 9.51. The molecule has 0 amide bonds. The SMILES string of the molecule is CCO[C@@](CC)(Cc1ccc(OCC(=O)c2ccc(CC)cn2)cc1)C(=O)O. The van der Waals surface area contributed by atoms with E-state index in [-0.39, 0.29) is 18.8 Å². The third-order valence-electron chi connectivity index (χ3n) is 4.68. The van der Waals surface area contributed by atoms with E-state index in [4.69, 9.17) is 9.47 Å². The van der Waals surface area contributed by atoms with Crippen LogP contribution in [0.1, 0.15) is 48.8 Å². The van der Waals surface area contributed by atoms with Crippen LogP contribution >= 0.6 is 0 Å². The Kier molecular flexibility index (Phi) is 7.70. The van der Waals surface area contributed by atoms with Gasteiger partial charge in [-0.2, -0.15) is 0 Å². The Morgan fingerprint density at radius 3 is 2.21 bits per heavy atom. The summed E-state index contributed by atoms with van der Waals surface area (Å²) in [5.74, 6) is -0.626. The van der Waals surface area contributed by atoms with Crippen molar-refractivity contribution in [1.29, 1.82) is 0 Å². The maximum atomic E-state index is 12.2. The van der Waals surface area contributed by atoms with E-state index in [2.05, 4.69) is 4.98 Å². The highest BCUT2D eigenvalue weighted by Gasteiger charge is 2.37. The van der Waals surface area contributed by atoms with Gasteiger partial charge in [0.15, 0.2) is 12.2 Å². The fourth-order valence-electron chi connectivity index (χ4n) is 2.90. The summed E-state index contributed by atoms with van der Waals surface area (Å²) in [5, 5.41) is 9.56. The average molecular weight is 385 g/mol. The van der Waals surface area contributed by atoms with Crippen molar-refractivity contribution < 1.29 is 24.2 Å². The lowest BCUT2D eigenvalue weighted by Crippen LogP contribution is -2.43. The second kappa shape index (κ2) is 9.99. The van der Waals surface area contributed by atoms with Crippen LogP contribution in [-0.4, -0.2) is 40.7 Å². The number of carbonyl (C=O) groups is 2. The van der Waals surface area contributed by atoms with E-state index in [1.807, 2.05) is 13.0 Å². The number of carboxylic acid groups (broad SMARTS) is 1. The number of benzene rings is 1. The van der Waals surface area contributed by atoms with Crippen LogP contribution in [0.5, 0.6) is 5.75 Å².